The van der Waals surface area contributed by atoms with Crippen LogP contribution in [-0.4, -0.2) is 45.7 Å². The summed E-state index contributed by atoms with van der Waals surface area (Å²) in [6.07, 6.45) is 5.03. The molecule has 0 saturated heterocycles. The number of methoxy groups -OCH3 is 1. The highest BCUT2D eigenvalue weighted by Gasteiger charge is 2.23. The van der Waals surface area contributed by atoms with Gasteiger partial charge in [-0.05, 0) is 37.0 Å². The van der Waals surface area contributed by atoms with Gasteiger partial charge >= 0.3 is 10.1 Å². The van der Waals surface area contributed by atoms with Crippen LogP contribution in [-0.2, 0) is 21.3 Å². The number of hydrogen-bond acceptors (Lipinski definition) is 6. The highest BCUT2D eigenvalue weighted by Crippen LogP contribution is 2.29. The maximum absolute atomic E-state index is 11.2. The minimum atomic E-state index is -3.59. The molecule has 1 aromatic carbocycles. The molecule has 0 aliphatic heterocycles. The Bertz CT molecular complexity index is 613. The van der Waals surface area contributed by atoms with Crippen LogP contribution >= 0.6 is 0 Å². The molecule has 1 fully saturated rings. The molecule has 0 unspecified atom stereocenters. The Kier molecular flexibility index (Phi) is 6.26. The van der Waals surface area contributed by atoms with Gasteiger partial charge in [-0.2, -0.15) is 8.42 Å². The summed E-state index contributed by atoms with van der Waals surface area (Å²) in [5.74, 6) is 0.535. The molecule has 0 amide bonds. The summed E-state index contributed by atoms with van der Waals surface area (Å²) < 4.78 is 38.2. The molecule has 23 heavy (non-hydrogen) atoms. The van der Waals surface area contributed by atoms with Crippen LogP contribution in [0.25, 0.3) is 0 Å². The fourth-order valence-corrected chi connectivity index (χ4v) is 3.16. The van der Waals surface area contributed by atoms with Crippen molar-refractivity contribution in [2.45, 2.75) is 44.3 Å². The van der Waals surface area contributed by atoms with E-state index in [1.807, 2.05) is 0 Å². The lowest BCUT2D eigenvalue weighted by molar-refractivity contribution is -0.0575. The Balaban J connectivity index is 1.92. The molecule has 2 atom stereocenters. The van der Waals surface area contributed by atoms with E-state index in [9.17, 15) is 13.5 Å². The van der Waals surface area contributed by atoms with Crippen LogP contribution in [0.3, 0.4) is 0 Å². The summed E-state index contributed by atoms with van der Waals surface area (Å²) in [6, 6.07) is 5.09. The summed E-state index contributed by atoms with van der Waals surface area (Å²) in [5, 5.41) is 9.87. The lowest BCUT2D eigenvalue weighted by Gasteiger charge is -2.27. The van der Waals surface area contributed by atoms with Crippen LogP contribution in [0.2, 0.25) is 0 Å². The Morgan fingerprint density at radius 3 is 2.61 bits per heavy atom. The van der Waals surface area contributed by atoms with E-state index in [2.05, 4.69) is 0 Å². The smallest absolute Gasteiger partial charge is 0.306 e. The maximum atomic E-state index is 11.2. The normalized spacial score (nSPS) is 21.9. The van der Waals surface area contributed by atoms with E-state index in [0.717, 1.165) is 37.5 Å². The van der Waals surface area contributed by atoms with Crippen molar-refractivity contribution >= 4 is 10.1 Å². The van der Waals surface area contributed by atoms with Gasteiger partial charge in [0.2, 0.25) is 0 Å². The first kappa shape index (κ1) is 18.0. The summed E-state index contributed by atoms with van der Waals surface area (Å²) >= 11 is 0. The Hall–Kier alpha value is -1.31. The molecular weight excluding hydrogens is 320 g/mol. The summed E-state index contributed by atoms with van der Waals surface area (Å²) in [5.41, 5.74) is 0.952. The van der Waals surface area contributed by atoms with Gasteiger partial charge < -0.3 is 18.8 Å². The molecule has 0 aromatic heterocycles. The molecule has 0 heterocycles. The average molecular weight is 344 g/mol. The zero-order valence-electron chi connectivity index (χ0n) is 13.5. The highest BCUT2D eigenvalue weighted by atomic mass is 32.2. The SMILES string of the molecule is COc1cc(CCO[C@@H]2CCCC[C@@H]2O)ccc1OS(C)(=O)=O. The number of benzene rings is 1. The third-order valence-electron chi connectivity index (χ3n) is 3.86. The van der Waals surface area contributed by atoms with Gasteiger partial charge in [0.05, 0.1) is 32.2 Å². The van der Waals surface area contributed by atoms with E-state index < -0.39 is 10.1 Å². The first-order chi connectivity index (χ1) is 10.9. The number of aliphatic hydroxyl groups excluding tert-OH is 1. The van der Waals surface area contributed by atoms with Crippen molar-refractivity contribution in [2.24, 2.45) is 0 Å². The number of aliphatic hydroxyl groups is 1. The first-order valence-corrected chi connectivity index (χ1v) is 9.57. The van der Waals surface area contributed by atoms with Gasteiger partial charge in [-0.25, -0.2) is 0 Å². The van der Waals surface area contributed by atoms with E-state index in [1.54, 1.807) is 18.2 Å². The quantitative estimate of drug-likeness (QED) is 0.761. The van der Waals surface area contributed by atoms with Gasteiger partial charge in [-0.1, -0.05) is 18.9 Å². The predicted molar refractivity (Wildman–Crippen MR) is 86.4 cm³/mol. The van der Waals surface area contributed by atoms with Gasteiger partial charge in [-0.15, -0.1) is 0 Å². The molecular formula is C16H24O6S. The second-order valence-corrected chi connectivity index (χ2v) is 7.36. The third kappa shape index (κ3) is 5.67. The minimum Gasteiger partial charge on any atom is -0.493 e. The fourth-order valence-electron chi connectivity index (χ4n) is 2.70. The molecule has 1 aromatic rings. The van der Waals surface area contributed by atoms with Crippen molar-refractivity contribution in [1.29, 1.82) is 0 Å². The van der Waals surface area contributed by atoms with Crippen LogP contribution in [0.4, 0.5) is 0 Å². The van der Waals surface area contributed by atoms with Gasteiger partial charge in [0.1, 0.15) is 0 Å². The van der Waals surface area contributed by atoms with Crippen molar-refractivity contribution in [2.75, 3.05) is 20.0 Å². The van der Waals surface area contributed by atoms with Crippen LogP contribution in [0.1, 0.15) is 31.2 Å². The fraction of sp³-hybridized carbons (Fsp3) is 0.625. The molecule has 0 spiro atoms. The molecule has 2 rings (SSSR count). The first-order valence-electron chi connectivity index (χ1n) is 7.75. The lowest BCUT2D eigenvalue weighted by atomic mass is 9.95. The predicted octanol–water partition coefficient (Wildman–Crippen LogP) is 1.90. The number of ether oxygens (including phenoxy) is 2. The molecule has 1 N–H and O–H groups in total. The summed E-state index contributed by atoms with van der Waals surface area (Å²) in [7, 11) is -2.13. The molecule has 0 bridgehead atoms. The molecule has 7 heteroatoms. The van der Waals surface area contributed by atoms with Crippen molar-refractivity contribution < 1.29 is 27.2 Å². The van der Waals surface area contributed by atoms with Crippen LogP contribution in [0.15, 0.2) is 18.2 Å². The van der Waals surface area contributed by atoms with Crippen molar-refractivity contribution in [3.63, 3.8) is 0 Å². The number of rotatable bonds is 7. The minimum absolute atomic E-state index is 0.0847. The van der Waals surface area contributed by atoms with Crippen LogP contribution in [0.5, 0.6) is 11.5 Å². The molecule has 1 aliphatic carbocycles. The average Bonchev–Trinajstić information content (AvgIpc) is 2.49. The van der Waals surface area contributed by atoms with E-state index >= 15 is 0 Å². The van der Waals surface area contributed by atoms with E-state index in [-0.39, 0.29) is 18.0 Å². The van der Waals surface area contributed by atoms with Gasteiger partial charge in [0.15, 0.2) is 11.5 Å². The lowest BCUT2D eigenvalue weighted by Crippen LogP contribution is -2.32. The number of hydrogen-bond donors (Lipinski definition) is 1. The summed E-state index contributed by atoms with van der Waals surface area (Å²) in [6.45, 7) is 0.497. The Labute approximate surface area is 137 Å². The van der Waals surface area contributed by atoms with E-state index in [0.29, 0.717) is 18.8 Å². The zero-order chi connectivity index (χ0) is 16.9. The zero-order valence-corrected chi connectivity index (χ0v) is 14.3. The van der Waals surface area contributed by atoms with Crippen molar-refractivity contribution in [3.05, 3.63) is 23.8 Å². The largest absolute Gasteiger partial charge is 0.493 e. The highest BCUT2D eigenvalue weighted by molar-refractivity contribution is 7.86. The van der Waals surface area contributed by atoms with Crippen LogP contribution < -0.4 is 8.92 Å². The van der Waals surface area contributed by atoms with Crippen molar-refractivity contribution in [1.82, 2.24) is 0 Å². The molecule has 0 radical (unpaired) electrons. The van der Waals surface area contributed by atoms with E-state index in [1.165, 1.54) is 7.11 Å². The van der Waals surface area contributed by atoms with Gasteiger partial charge in [-0.3, -0.25) is 0 Å². The van der Waals surface area contributed by atoms with Crippen molar-refractivity contribution in [3.8, 4) is 11.5 Å². The van der Waals surface area contributed by atoms with Gasteiger partial charge in [0, 0.05) is 0 Å². The Morgan fingerprint density at radius 2 is 1.96 bits per heavy atom. The second kappa shape index (κ2) is 7.99. The molecule has 1 aliphatic rings. The molecule has 130 valence electrons. The molecule has 1 saturated carbocycles. The standard InChI is InChI=1S/C16H24O6S/c1-20-16-11-12(7-8-15(16)22-23(2,18)19)9-10-21-14-6-4-3-5-13(14)17/h7-8,11,13-14,17H,3-6,9-10H2,1-2H3/t13-,14+/m0/s1. The second-order valence-electron chi connectivity index (χ2n) is 5.78. The Morgan fingerprint density at radius 1 is 1.22 bits per heavy atom. The third-order valence-corrected chi connectivity index (χ3v) is 4.34. The van der Waals surface area contributed by atoms with Crippen LogP contribution in [0, 0.1) is 0 Å². The molecule has 6 nitrogen and oxygen atoms in total. The topological polar surface area (TPSA) is 82.1 Å². The monoisotopic (exact) mass is 344 g/mol. The summed E-state index contributed by atoms with van der Waals surface area (Å²) in [4.78, 5) is 0. The van der Waals surface area contributed by atoms with E-state index in [4.69, 9.17) is 13.7 Å². The van der Waals surface area contributed by atoms with Gasteiger partial charge in [0.25, 0.3) is 0 Å². The maximum Gasteiger partial charge on any atom is 0.306 e.